The fourth-order valence-corrected chi connectivity index (χ4v) is 4.53. The molecular formula is C23H17BrN2O3. The highest BCUT2D eigenvalue weighted by Gasteiger charge is 2.41. The van der Waals surface area contributed by atoms with Crippen LogP contribution in [0.1, 0.15) is 35.4 Å². The molecule has 0 N–H and O–H groups in total. The molecule has 6 heteroatoms. The van der Waals surface area contributed by atoms with Crippen molar-refractivity contribution >= 4 is 21.6 Å². The van der Waals surface area contributed by atoms with Crippen molar-refractivity contribution in [2.75, 3.05) is 6.79 Å². The first kappa shape index (κ1) is 16.9. The second kappa shape index (κ2) is 6.52. The van der Waals surface area contributed by atoms with E-state index < -0.39 is 0 Å². The van der Waals surface area contributed by atoms with Gasteiger partial charge in [-0.1, -0.05) is 46.3 Å². The molecule has 0 radical (unpaired) electrons. The molecule has 5 nitrogen and oxygen atoms in total. The van der Waals surface area contributed by atoms with E-state index in [1.165, 1.54) is 0 Å². The predicted octanol–water partition coefficient (Wildman–Crippen LogP) is 5.42. The number of halogens is 1. The van der Waals surface area contributed by atoms with E-state index in [1.54, 1.807) is 0 Å². The number of rotatable bonds is 2. The summed E-state index contributed by atoms with van der Waals surface area (Å²) >= 11 is 3.60. The third kappa shape index (κ3) is 2.78. The molecule has 0 bridgehead atoms. The maximum Gasteiger partial charge on any atom is 0.231 e. The molecule has 3 heterocycles. The van der Waals surface area contributed by atoms with Crippen LogP contribution in [-0.4, -0.2) is 17.5 Å². The average molecular weight is 449 g/mol. The van der Waals surface area contributed by atoms with Crippen molar-refractivity contribution in [1.82, 2.24) is 5.01 Å². The Morgan fingerprint density at radius 1 is 0.897 bits per heavy atom. The summed E-state index contributed by atoms with van der Waals surface area (Å²) in [5.41, 5.74) is 4.34. The zero-order valence-electron chi connectivity index (χ0n) is 15.4. The number of nitrogens with zero attached hydrogens (tertiary/aromatic N) is 2. The van der Waals surface area contributed by atoms with Crippen molar-refractivity contribution in [3.05, 3.63) is 87.9 Å². The molecular weight excluding hydrogens is 432 g/mol. The molecule has 144 valence electrons. The lowest BCUT2D eigenvalue weighted by molar-refractivity contribution is -0.0191. The van der Waals surface area contributed by atoms with Crippen molar-refractivity contribution in [2.24, 2.45) is 5.10 Å². The van der Waals surface area contributed by atoms with Crippen molar-refractivity contribution in [3.8, 4) is 17.2 Å². The first-order valence-electron chi connectivity index (χ1n) is 9.53. The van der Waals surface area contributed by atoms with E-state index in [9.17, 15) is 0 Å². The van der Waals surface area contributed by atoms with E-state index in [-0.39, 0.29) is 19.1 Å². The Balaban J connectivity index is 1.46. The van der Waals surface area contributed by atoms with Gasteiger partial charge in [0.15, 0.2) is 11.5 Å². The minimum absolute atomic E-state index is 0.113. The quantitative estimate of drug-likeness (QED) is 0.524. The summed E-state index contributed by atoms with van der Waals surface area (Å²) in [5.74, 6) is 2.40. The molecule has 3 aromatic carbocycles. The van der Waals surface area contributed by atoms with E-state index in [2.05, 4.69) is 39.1 Å². The SMILES string of the molecule is Brc1ccc2c(c1)[C@H]1CC(c3ccccc3)=NN1[C@H](c1ccc3c(c1)OCO3)O2. The van der Waals surface area contributed by atoms with Gasteiger partial charge in [0.05, 0.1) is 11.8 Å². The van der Waals surface area contributed by atoms with Gasteiger partial charge in [0, 0.05) is 22.0 Å². The van der Waals surface area contributed by atoms with E-state index >= 15 is 0 Å². The monoisotopic (exact) mass is 448 g/mol. The molecule has 3 aromatic rings. The Morgan fingerprint density at radius 2 is 1.72 bits per heavy atom. The minimum Gasteiger partial charge on any atom is -0.464 e. The smallest absolute Gasteiger partial charge is 0.231 e. The molecule has 29 heavy (non-hydrogen) atoms. The van der Waals surface area contributed by atoms with Crippen LogP contribution in [0.3, 0.4) is 0 Å². The van der Waals surface area contributed by atoms with Gasteiger partial charge in [-0.2, -0.15) is 5.10 Å². The number of benzene rings is 3. The first-order chi connectivity index (χ1) is 14.3. The lowest BCUT2D eigenvalue weighted by Gasteiger charge is -2.38. The number of hydrogen-bond acceptors (Lipinski definition) is 5. The summed E-state index contributed by atoms with van der Waals surface area (Å²) < 4.78 is 18.5. The molecule has 0 aromatic heterocycles. The van der Waals surface area contributed by atoms with Crippen molar-refractivity contribution in [1.29, 1.82) is 0 Å². The molecule has 0 fully saturated rings. The highest BCUT2D eigenvalue weighted by atomic mass is 79.9. The summed E-state index contributed by atoms with van der Waals surface area (Å²) in [6.07, 6.45) is 0.502. The van der Waals surface area contributed by atoms with Crippen LogP contribution < -0.4 is 14.2 Å². The van der Waals surface area contributed by atoms with Crippen LogP contribution in [0.4, 0.5) is 0 Å². The zero-order valence-corrected chi connectivity index (χ0v) is 17.0. The highest BCUT2D eigenvalue weighted by molar-refractivity contribution is 9.10. The third-order valence-corrected chi connectivity index (χ3v) is 6.03. The largest absolute Gasteiger partial charge is 0.464 e. The molecule has 3 aliphatic rings. The van der Waals surface area contributed by atoms with Crippen LogP contribution in [0, 0.1) is 0 Å². The van der Waals surface area contributed by atoms with Crippen LogP contribution in [0.15, 0.2) is 76.3 Å². The Bertz CT molecular complexity index is 1130. The Hall–Kier alpha value is -2.99. The van der Waals surface area contributed by atoms with Crippen LogP contribution in [0.2, 0.25) is 0 Å². The highest BCUT2D eigenvalue weighted by Crippen LogP contribution is 2.49. The zero-order chi connectivity index (χ0) is 19.4. The number of hydrogen-bond donors (Lipinski definition) is 0. The summed E-state index contributed by atoms with van der Waals surface area (Å²) in [5, 5.41) is 7.08. The van der Waals surface area contributed by atoms with Gasteiger partial charge in [0.2, 0.25) is 13.0 Å². The fraction of sp³-hybridized carbons (Fsp3) is 0.174. The Labute approximate surface area is 176 Å². The summed E-state index contributed by atoms with van der Waals surface area (Å²) in [6.45, 7) is 0.254. The molecule has 3 aliphatic heterocycles. The maximum absolute atomic E-state index is 6.43. The number of fused-ring (bicyclic) bond motifs is 4. The Kier molecular flexibility index (Phi) is 3.81. The van der Waals surface area contributed by atoms with E-state index in [1.807, 2.05) is 48.5 Å². The molecule has 0 saturated heterocycles. The summed E-state index contributed by atoms with van der Waals surface area (Å²) in [6, 6.07) is 22.6. The second-order valence-electron chi connectivity index (χ2n) is 7.28. The number of hydrazone groups is 1. The van der Waals surface area contributed by atoms with Gasteiger partial charge in [-0.25, -0.2) is 5.01 Å². The van der Waals surface area contributed by atoms with Crippen molar-refractivity contribution < 1.29 is 14.2 Å². The van der Waals surface area contributed by atoms with Gasteiger partial charge in [0.1, 0.15) is 5.75 Å². The first-order valence-corrected chi connectivity index (χ1v) is 10.3. The van der Waals surface area contributed by atoms with Crippen molar-refractivity contribution in [2.45, 2.75) is 18.7 Å². The average Bonchev–Trinajstić information content (AvgIpc) is 3.41. The van der Waals surface area contributed by atoms with Crippen molar-refractivity contribution in [3.63, 3.8) is 0 Å². The van der Waals surface area contributed by atoms with Gasteiger partial charge < -0.3 is 14.2 Å². The second-order valence-corrected chi connectivity index (χ2v) is 8.19. The lowest BCUT2D eigenvalue weighted by Crippen LogP contribution is -2.33. The molecule has 0 unspecified atom stereocenters. The molecule has 0 spiro atoms. The predicted molar refractivity (Wildman–Crippen MR) is 112 cm³/mol. The Morgan fingerprint density at radius 3 is 2.62 bits per heavy atom. The van der Waals surface area contributed by atoms with Crippen LogP contribution in [-0.2, 0) is 0 Å². The third-order valence-electron chi connectivity index (χ3n) is 5.54. The topological polar surface area (TPSA) is 43.3 Å². The van der Waals surface area contributed by atoms with Gasteiger partial charge in [-0.15, -0.1) is 0 Å². The normalized spacial score (nSPS) is 21.3. The minimum atomic E-state index is -0.329. The van der Waals surface area contributed by atoms with Crippen LogP contribution in [0.25, 0.3) is 0 Å². The molecule has 2 atom stereocenters. The maximum atomic E-state index is 6.43. The van der Waals surface area contributed by atoms with E-state index in [0.29, 0.717) is 0 Å². The summed E-state index contributed by atoms with van der Waals surface area (Å²) in [7, 11) is 0. The molecule has 6 rings (SSSR count). The lowest BCUT2D eigenvalue weighted by atomic mass is 9.96. The van der Waals surface area contributed by atoms with Gasteiger partial charge in [-0.3, -0.25) is 0 Å². The molecule has 0 amide bonds. The van der Waals surface area contributed by atoms with E-state index in [0.717, 1.165) is 50.5 Å². The van der Waals surface area contributed by atoms with Gasteiger partial charge >= 0.3 is 0 Å². The standard InChI is InChI=1S/C23H17BrN2O3/c24-16-7-9-20-17(11-16)19-12-18(14-4-2-1-3-5-14)25-26(19)23(29-20)15-6-8-21-22(10-15)28-13-27-21/h1-11,19,23H,12-13H2/t19-,23+/m1/s1. The van der Waals surface area contributed by atoms with Crippen LogP contribution in [0.5, 0.6) is 17.2 Å². The van der Waals surface area contributed by atoms with Crippen LogP contribution >= 0.6 is 15.9 Å². The van der Waals surface area contributed by atoms with Gasteiger partial charge in [-0.05, 0) is 42.0 Å². The molecule has 0 saturated carbocycles. The fourth-order valence-electron chi connectivity index (χ4n) is 4.15. The van der Waals surface area contributed by atoms with E-state index in [4.69, 9.17) is 19.3 Å². The van der Waals surface area contributed by atoms with Gasteiger partial charge in [0.25, 0.3) is 0 Å². The summed E-state index contributed by atoms with van der Waals surface area (Å²) in [4.78, 5) is 0. The molecule has 0 aliphatic carbocycles. The number of ether oxygens (including phenoxy) is 3.